The van der Waals surface area contributed by atoms with Crippen LogP contribution in [0.3, 0.4) is 0 Å². The second kappa shape index (κ2) is 7.61. The van der Waals surface area contributed by atoms with E-state index in [9.17, 15) is 13.2 Å². The Hall–Kier alpha value is -2.16. The van der Waals surface area contributed by atoms with Crippen LogP contribution in [0.1, 0.15) is 24.3 Å². The number of carbonyl (C=O) groups excluding carboxylic acids is 1. The smallest absolute Gasteiger partial charge is 0.238 e. The van der Waals surface area contributed by atoms with Crippen LogP contribution in [-0.2, 0) is 21.4 Å². The molecule has 0 spiro atoms. The fourth-order valence-corrected chi connectivity index (χ4v) is 2.79. The summed E-state index contributed by atoms with van der Waals surface area (Å²) in [5.41, 5.74) is 0.767. The predicted octanol–water partition coefficient (Wildman–Crippen LogP) is 1.24. The molecule has 1 heterocycles. The van der Waals surface area contributed by atoms with Crippen LogP contribution in [0.2, 0.25) is 0 Å². The summed E-state index contributed by atoms with van der Waals surface area (Å²) in [5, 5.41) is 7.92. The average molecular weight is 351 g/mol. The van der Waals surface area contributed by atoms with E-state index in [0.717, 1.165) is 5.56 Å². The minimum atomic E-state index is -3.75. The van der Waals surface area contributed by atoms with Gasteiger partial charge in [0, 0.05) is 6.04 Å². The third kappa shape index (κ3) is 4.92. The van der Waals surface area contributed by atoms with Gasteiger partial charge in [0.25, 0.3) is 0 Å². The van der Waals surface area contributed by atoms with Gasteiger partial charge in [-0.1, -0.05) is 12.1 Å². The topological polar surface area (TPSA) is 106 Å². The number of hydrogen-bond acceptors (Lipinski definition) is 5. The first kappa shape index (κ1) is 18.2. The number of furan rings is 1. The minimum absolute atomic E-state index is 0.0579. The Labute approximate surface area is 141 Å². The quantitative estimate of drug-likeness (QED) is 0.780. The molecule has 1 aromatic heterocycles. The standard InChI is InChI=1S/C16H21N3O4S/c1-12(13-5-3-7-15(9-13)24(17,21)22)19(2)11-16(20)18-10-14-6-4-8-23-14/h3-9,12H,10-11H2,1-2H3,(H,18,20)(H2,17,21,22). The molecule has 0 radical (unpaired) electrons. The Bertz CT molecular complexity index is 787. The number of primary sulfonamides is 1. The molecule has 0 bridgehead atoms. The van der Waals surface area contributed by atoms with Crippen LogP contribution in [0.15, 0.2) is 52.0 Å². The van der Waals surface area contributed by atoms with Gasteiger partial charge >= 0.3 is 0 Å². The van der Waals surface area contributed by atoms with Gasteiger partial charge < -0.3 is 9.73 Å². The van der Waals surface area contributed by atoms with Gasteiger partial charge in [0.2, 0.25) is 15.9 Å². The molecule has 1 atom stereocenters. The molecule has 7 nitrogen and oxygen atoms in total. The third-order valence-electron chi connectivity index (χ3n) is 3.76. The molecule has 0 fully saturated rings. The highest BCUT2D eigenvalue weighted by Gasteiger charge is 2.17. The first-order chi connectivity index (χ1) is 11.3. The minimum Gasteiger partial charge on any atom is -0.467 e. The number of carbonyl (C=O) groups is 1. The SMILES string of the molecule is CC(c1cccc(S(N)(=O)=O)c1)N(C)CC(=O)NCc1ccco1. The number of hydrogen-bond donors (Lipinski definition) is 2. The van der Waals surface area contributed by atoms with Crippen molar-refractivity contribution in [2.75, 3.05) is 13.6 Å². The molecule has 130 valence electrons. The molecular formula is C16H21N3O4S. The van der Waals surface area contributed by atoms with E-state index in [1.165, 1.54) is 12.1 Å². The van der Waals surface area contributed by atoms with Crippen LogP contribution in [-0.4, -0.2) is 32.8 Å². The molecule has 3 N–H and O–H groups in total. The van der Waals surface area contributed by atoms with Crippen molar-refractivity contribution in [2.45, 2.75) is 24.4 Å². The van der Waals surface area contributed by atoms with E-state index >= 15 is 0 Å². The summed E-state index contributed by atoms with van der Waals surface area (Å²) in [6, 6.07) is 9.80. The maximum atomic E-state index is 12.0. The van der Waals surface area contributed by atoms with E-state index in [0.29, 0.717) is 12.3 Å². The summed E-state index contributed by atoms with van der Waals surface area (Å²) >= 11 is 0. The number of amides is 1. The van der Waals surface area contributed by atoms with Crippen molar-refractivity contribution in [2.24, 2.45) is 5.14 Å². The summed E-state index contributed by atoms with van der Waals surface area (Å²) in [6.45, 7) is 2.39. The van der Waals surface area contributed by atoms with Crippen molar-refractivity contribution in [3.63, 3.8) is 0 Å². The van der Waals surface area contributed by atoms with Crippen LogP contribution in [0, 0.1) is 0 Å². The van der Waals surface area contributed by atoms with Gasteiger partial charge in [0.05, 0.1) is 24.2 Å². The largest absolute Gasteiger partial charge is 0.467 e. The van der Waals surface area contributed by atoms with Crippen molar-refractivity contribution in [1.82, 2.24) is 10.2 Å². The van der Waals surface area contributed by atoms with Gasteiger partial charge in [-0.05, 0) is 43.8 Å². The van der Waals surface area contributed by atoms with Crippen molar-refractivity contribution >= 4 is 15.9 Å². The number of nitrogens with zero attached hydrogens (tertiary/aromatic N) is 1. The normalized spacial score (nSPS) is 13.0. The highest BCUT2D eigenvalue weighted by molar-refractivity contribution is 7.89. The van der Waals surface area contributed by atoms with Crippen molar-refractivity contribution in [1.29, 1.82) is 0 Å². The molecule has 2 aromatic rings. The van der Waals surface area contributed by atoms with E-state index in [1.54, 1.807) is 37.6 Å². The summed E-state index contributed by atoms with van der Waals surface area (Å²) in [5.74, 6) is 0.531. The summed E-state index contributed by atoms with van der Waals surface area (Å²) in [4.78, 5) is 13.9. The Morgan fingerprint density at radius 2 is 2.08 bits per heavy atom. The van der Waals surface area contributed by atoms with E-state index in [1.807, 2.05) is 11.8 Å². The molecule has 1 aromatic carbocycles. The van der Waals surface area contributed by atoms with E-state index in [4.69, 9.17) is 9.56 Å². The van der Waals surface area contributed by atoms with Gasteiger partial charge in [-0.2, -0.15) is 0 Å². The lowest BCUT2D eigenvalue weighted by Crippen LogP contribution is -2.36. The molecule has 0 saturated heterocycles. The molecule has 0 saturated carbocycles. The molecule has 1 amide bonds. The highest BCUT2D eigenvalue weighted by Crippen LogP contribution is 2.21. The molecule has 24 heavy (non-hydrogen) atoms. The number of sulfonamides is 1. The number of benzene rings is 1. The first-order valence-corrected chi connectivity index (χ1v) is 8.94. The number of nitrogens with two attached hydrogens (primary N) is 1. The second-order valence-corrected chi connectivity index (χ2v) is 7.13. The lowest BCUT2D eigenvalue weighted by atomic mass is 10.1. The van der Waals surface area contributed by atoms with E-state index < -0.39 is 10.0 Å². The van der Waals surface area contributed by atoms with Gasteiger partial charge in [0.15, 0.2) is 0 Å². The first-order valence-electron chi connectivity index (χ1n) is 7.39. The Balaban J connectivity index is 1.96. The molecule has 0 aliphatic rings. The lowest BCUT2D eigenvalue weighted by Gasteiger charge is -2.24. The Morgan fingerprint density at radius 1 is 1.33 bits per heavy atom. The monoisotopic (exact) mass is 351 g/mol. The molecule has 8 heteroatoms. The van der Waals surface area contributed by atoms with E-state index in [2.05, 4.69) is 5.32 Å². The summed E-state index contributed by atoms with van der Waals surface area (Å²) in [7, 11) is -1.96. The number of likely N-dealkylation sites (N-methyl/N-ethyl adjacent to an activating group) is 1. The van der Waals surface area contributed by atoms with Crippen LogP contribution < -0.4 is 10.5 Å². The predicted molar refractivity (Wildman–Crippen MR) is 89.4 cm³/mol. The summed E-state index contributed by atoms with van der Waals surface area (Å²) < 4.78 is 28.0. The zero-order valence-corrected chi connectivity index (χ0v) is 14.4. The number of nitrogens with one attached hydrogen (secondary N) is 1. The maximum Gasteiger partial charge on any atom is 0.238 e. The van der Waals surface area contributed by atoms with Crippen molar-refractivity contribution in [3.05, 3.63) is 54.0 Å². The van der Waals surface area contributed by atoms with Gasteiger partial charge in [-0.25, -0.2) is 13.6 Å². The Morgan fingerprint density at radius 3 is 2.71 bits per heavy atom. The molecule has 1 unspecified atom stereocenters. The molecule has 0 aliphatic carbocycles. The average Bonchev–Trinajstić information content (AvgIpc) is 3.05. The van der Waals surface area contributed by atoms with Crippen molar-refractivity contribution < 1.29 is 17.6 Å². The lowest BCUT2D eigenvalue weighted by molar-refractivity contribution is -0.122. The van der Waals surface area contributed by atoms with Crippen LogP contribution in [0.25, 0.3) is 0 Å². The molecular weight excluding hydrogens is 330 g/mol. The maximum absolute atomic E-state index is 12.0. The fraction of sp³-hybridized carbons (Fsp3) is 0.312. The summed E-state index contributed by atoms with van der Waals surface area (Å²) in [6.07, 6.45) is 1.55. The van der Waals surface area contributed by atoms with Crippen molar-refractivity contribution in [3.8, 4) is 0 Å². The van der Waals surface area contributed by atoms with Crippen LogP contribution in [0.4, 0.5) is 0 Å². The van der Waals surface area contributed by atoms with Crippen LogP contribution >= 0.6 is 0 Å². The van der Waals surface area contributed by atoms with Gasteiger partial charge in [0.1, 0.15) is 5.76 Å². The second-order valence-electron chi connectivity index (χ2n) is 5.56. The highest BCUT2D eigenvalue weighted by atomic mass is 32.2. The van der Waals surface area contributed by atoms with Crippen LogP contribution in [0.5, 0.6) is 0 Å². The zero-order chi connectivity index (χ0) is 17.7. The molecule has 2 rings (SSSR count). The van der Waals surface area contributed by atoms with E-state index in [-0.39, 0.29) is 23.4 Å². The number of rotatable bonds is 7. The van der Waals surface area contributed by atoms with Gasteiger partial charge in [-0.3, -0.25) is 9.69 Å². The third-order valence-corrected chi connectivity index (χ3v) is 4.67. The fourth-order valence-electron chi connectivity index (χ4n) is 2.22. The molecule has 0 aliphatic heterocycles. The zero-order valence-electron chi connectivity index (χ0n) is 13.6. The van der Waals surface area contributed by atoms with Gasteiger partial charge in [-0.15, -0.1) is 0 Å². The Kier molecular flexibility index (Phi) is 5.76.